The molecule has 2 aromatic rings. The van der Waals surface area contributed by atoms with Crippen LogP contribution in [-0.2, 0) is 14.8 Å². The van der Waals surface area contributed by atoms with E-state index in [-0.39, 0.29) is 23.3 Å². The van der Waals surface area contributed by atoms with Crippen molar-refractivity contribution in [3.8, 4) is 0 Å². The quantitative estimate of drug-likeness (QED) is 0.510. The summed E-state index contributed by atoms with van der Waals surface area (Å²) in [5.41, 5.74) is -0.0438. The van der Waals surface area contributed by atoms with Gasteiger partial charge >= 0.3 is 5.69 Å². The molecule has 0 unspecified atom stereocenters. The number of benzene rings is 1. The Bertz CT molecular complexity index is 1100. The summed E-state index contributed by atoms with van der Waals surface area (Å²) in [6.07, 6.45) is 0. The van der Waals surface area contributed by atoms with Crippen molar-refractivity contribution in [1.82, 2.24) is 14.5 Å². The van der Waals surface area contributed by atoms with E-state index < -0.39 is 15.7 Å². The Morgan fingerprint density at radius 2 is 1.82 bits per heavy atom. The minimum absolute atomic E-state index is 0.0117. The molecule has 1 fully saturated rings. The van der Waals surface area contributed by atoms with Crippen molar-refractivity contribution in [1.29, 1.82) is 0 Å². The van der Waals surface area contributed by atoms with Crippen molar-refractivity contribution in [2.75, 3.05) is 42.1 Å². The normalized spacial score (nSPS) is 18.6. The third-order valence-electron chi connectivity index (χ3n) is 4.42. The summed E-state index contributed by atoms with van der Waals surface area (Å²) in [5, 5.41) is 0. The van der Waals surface area contributed by atoms with Gasteiger partial charge in [0.25, 0.3) is 10.0 Å². The van der Waals surface area contributed by atoms with Crippen LogP contribution in [0.4, 0.5) is 11.9 Å². The molecule has 0 saturated carbocycles. The SMILES string of the molecule is O=c1nc(N2CCOCC2)nc2n1/C(=C/I)CN2S(=O)(=O)c1ccc(Br)cc1. The van der Waals surface area contributed by atoms with Gasteiger partial charge in [-0.15, -0.1) is 0 Å². The molecule has 1 aromatic carbocycles. The van der Waals surface area contributed by atoms with Crippen LogP contribution in [0.3, 0.4) is 0 Å². The Hall–Kier alpha value is -1.51. The molecule has 28 heavy (non-hydrogen) atoms. The van der Waals surface area contributed by atoms with Crippen LogP contribution in [0.2, 0.25) is 0 Å². The number of anilines is 2. The van der Waals surface area contributed by atoms with Gasteiger partial charge < -0.3 is 9.64 Å². The Kier molecular flexibility index (Phi) is 5.46. The van der Waals surface area contributed by atoms with E-state index in [0.29, 0.717) is 32.0 Å². The summed E-state index contributed by atoms with van der Waals surface area (Å²) >= 11 is 5.29. The van der Waals surface area contributed by atoms with Crippen molar-refractivity contribution >= 4 is 66.1 Å². The monoisotopic (exact) mass is 579 g/mol. The molecule has 0 atom stereocenters. The van der Waals surface area contributed by atoms with Gasteiger partial charge in [0.05, 0.1) is 30.4 Å². The predicted octanol–water partition coefficient (Wildman–Crippen LogP) is 1.68. The number of ether oxygens (including phenoxy) is 1. The van der Waals surface area contributed by atoms with Gasteiger partial charge in [0, 0.05) is 17.6 Å². The first kappa shape index (κ1) is 19.8. The van der Waals surface area contributed by atoms with Crippen LogP contribution in [0.15, 0.2) is 42.5 Å². The van der Waals surface area contributed by atoms with Crippen LogP contribution in [0, 0.1) is 0 Å². The lowest BCUT2D eigenvalue weighted by Gasteiger charge is -2.27. The fraction of sp³-hybridized carbons (Fsp3) is 0.312. The third-order valence-corrected chi connectivity index (χ3v) is 7.41. The summed E-state index contributed by atoms with van der Waals surface area (Å²) < 4.78 is 36.6. The number of hydrogen-bond acceptors (Lipinski definition) is 7. The molecule has 3 heterocycles. The molecule has 0 bridgehead atoms. The maximum Gasteiger partial charge on any atom is 0.358 e. The Balaban J connectivity index is 1.83. The van der Waals surface area contributed by atoms with Gasteiger partial charge in [-0.05, 0) is 28.3 Å². The Morgan fingerprint density at radius 1 is 1.14 bits per heavy atom. The average Bonchev–Trinajstić information content (AvgIpc) is 3.09. The first-order valence-electron chi connectivity index (χ1n) is 8.33. The number of rotatable bonds is 3. The van der Waals surface area contributed by atoms with Crippen molar-refractivity contribution in [2.45, 2.75) is 4.90 Å². The molecule has 0 aliphatic carbocycles. The van der Waals surface area contributed by atoms with E-state index in [2.05, 4.69) is 25.9 Å². The van der Waals surface area contributed by atoms with Crippen molar-refractivity contribution in [3.05, 3.63) is 43.3 Å². The zero-order valence-electron chi connectivity index (χ0n) is 14.5. The lowest BCUT2D eigenvalue weighted by molar-refractivity contribution is 0.122. The molecule has 0 radical (unpaired) electrons. The summed E-state index contributed by atoms with van der Waals surface area (Å²) in [5.74, 6) is 0.262. The van der Waals surface area contributed by atoms with Crippen LogP contribution >= 0.6 is 38.5 Å². The van der Waals surface area contributed by atoms with E-state index in [1.54, 1.807) is 16.2 Å². The second-order valence-corrected chi connectivity index (χ2v) is 9.51. The molecule has 2 aliphatic rings. The first-order chi connectivity index (χ1) is 13.4. The fourth-order valence-corrected chi connectivity index (χ4v) is 5.12. The van der Waals surface area contributed by atoms with Gasteiger partial charge in [-0.2, -0.15) is 9.97 Å². The molecule has 2 aliphatic heterocycles. The lowest BCUT2D eigenvalue weighted by Crippen LogP contribution is -2.39. The summed E-state index contributed by atoms with van der Waals surface area (Å²) in [7, 11) is -3.90. The molecule has 1 saturated heterocycles. The molecule has 0 spiro atoms. The van der Waals surface area contributed by atoms with Crippen LogP contribution in [0.25, 0.3) is 5.70 Å². The van der Waals surface area contributed by atoms with E-state index >= 15 is 0 Å². The molecule has 1 aromatic heterocycles. The van der Waals surface area contributed by atoms with E-state index in [1.165, 1.54) is 16.7 Å². The molecular formula is C16H15BrIN5O4S. The van der Waals surface area contributed by atoms with Crippen LogP contribution in [-0.4, -0.2) is 55.8 Å². The number of halogens is 2. The Labute approximate surface area is 183 Å². The van der Waals surface area contributed by atoms with Gasteiger partial charge in [-0.25, -0.2) is 22.1 Å². The van der Waals surface area contributed by atoms with Crippen molar-refractivity contribution < 1.29 is 13.2 Å². The highest BCUT2D eigenvalue weighted by atomic mass is 127. The molecule has 9 nitrogen and oxygen atoms in total. The molecule has 12 heteroatoms. The van der Waals surface area contributed by atoms with Crippen LogP contribution in [0.1, 0.15) is 0 Å². The molecule has 0 amide bonds. The van der Waals surface area contributed by atoms with E-state index in [9.17, 15) is 13.2 Å². The second kappa shape index (κ2) is 7.72. The third kappa shape index (κ3) is 3.46. The minimum atomic E-state index is -3.90. The van der Waals surface area contributed by atoms with Crippen molar-refractivity contribution in [2.24, 2.45) is 0 Å². The maximum atomic E-state index is 13.2. The van der Waals surface area contributed by atoms with E-state index in [0.717, 1.165) is 8.78 Å². The smallest absolute Gasteiger partial charge is 0.358 e. The summed E-state index contributed by atoms with van der Waals surface area (Å²) in [6.45, 7) is 2.09. The number of aromatic nitrogens is 3. The molecule has 0 N–H and O–H groups in total. The van der Waals surface area contributed by atoms with E-state index in [4.69, 9.17) is 4.74 Å². The number of hydrogen-bond donors (Lipinski definition) is 0. The highest BCUT2D eigenvalue weighted by Gasteiger charge is 2.37. The molecule has 148 valence electrons. The highest BCUT2D eigenvalue weighted by molar-refractivity contribution is 14.1. The number of fused-ring (bicyclic) bond motifs is 1. The maximum absolute atomic E-state index is 13.2. The summed E-state index contributed by atoms with van der Waals surface area (Å²) in [6, 6.07) is 6.34. The van der Waals surface area contributed by atoms with Gasteiger partial charge in [-0.3, -0.25) is 0 Å². The van der Waals surface area contributed by atoms with E-state index in [1.807, 2.05) is 27.5 Å². The van der Waals surface area contributed by atoms with Crippen molar-refractivity contribution in [3.63, 3.8) is 0 Å². The first-order valence-corrected chi connectivity index (χ1v) is 11.8. The number of morpholine rings is 1. The van der Waals surface area contributed by atoms with Gasteiger partial charge in [-0.1, -0.05) is 38.5 Å². The highest BCUT2D eigenvalue weighted by Crippen LogP contribution is 2.32. The second-order valence-electron chi connectivity index (χ2n) is 6.11. The minimum Gasteiger partial charge on any atom is -0.378 e. The summed E-state index contributed by atoms with van der Waals surface area (Å²) in [4.78, 5) is 23.1. The topological polar surface area (TPSA) is 97.6 Å². The zero-order valence-corrected chi connectivity index (χ0v) is 19.0. The zero-order chi connectivity index (χ0) is 19.9. The van der Waals surface area contributed by atoms with Gasteiger partial charge in [0.2, 0.25) is 11.9 Å². The standard InChI is InChI=1S/C16H15BrIN5O4S/c17-11-1-3-13(4-2-11)28(25,26)22-10-12(9-18)23-15(22)19-14(20-16(23)24)21-5-7-27-8-6-21/h1-4,9H,5-8,10H2/b12-9+. The molecular weight excluding hydrogens is 565 g/mol. The molecule has 4 rings (SSSR count). The number of nitrogens with zero attached hydrogens (tertiary/aromatic N) is 5. The predicted molar refractivity (Wildman–Crippen MR) is 116 cm³/mol. The van der Waals surface area contributed by atoms with Crippen LogP contribution in [0.5, 0.6) is 0 Å². The fourth-order valence-electron chi connectivity index (χ4n) is 3.01. The van der Waals surface area contributed by atoms with Gasteiger partial charge in [0.15, 0.2) is 0 Å². The number of sulfonamides is 1. The Morgan fingerprint density at radius 3 is 2.46 bits per heavy atom. The van der Waals surface area contributed by atoms with Gasteiger partial charge in [0.1, 0.15) is 0 Å². The largest absolute Gasteiger partial charge is 0.378 e. The van der Waals surface area contributed by atoms with Crippen LogP contribution < -0.4 is 14.9 Å². The lowest BCUT2D eigenvalue weighted by atomic mass is 10.4. The average molecular weight is 580 g/mol.